The van der Waals surface area contributed by atoms with Gasteiger partial charge in [0.2, 0.25) is 0 Å². The highest BCUT2D eigenvalue weighted by molar-refractivity contribution is 6.25. The van der Waals surface area contributed by atoms with Crippen LogP contribution in [0.3, 0.4) is 0 Å². The normalized spacial score (nSPS) is 13.4. The molecule has 2 heterocycles. The number of fused-ring (bicyclic) bond motifs is 8. The summed E-state index contributed by atoms with van der Waals surface area (Å²) < 4.78 is 12.4. The van der Waals surface area contributed by atoms with Crippen molar-refractivity contribution in [1.82, 2.24) is 0 Å². The van der Waals surface area contributed by atoms with Gasteiger partial charge < -0.3 is 8.83 Å². The lowest BCUT2D eigenvalue weighted by Crippen LogP contribution is -2.01. The first kappa shape index (κ1) is 21.8. The summed E-state index contributed by atoms with van der Waals surface area (Å²) in [5.41, 5.74) is 10.4. The van der Waals surface area contributed by atoms with Crippen molar-refractivity contribution in [3.05, 3.63) is 132 Å². The molecular weight excluding hydrogens is 488 g/mol. The first-order chi connectivity index (χ1) is 19.8. The molecular formula is C38H24O2. The summed E-state index contributed by atoms with van der Waals surface area (Å²) in [5, 5.41) is 8.34. The van der Waals surface area contributed by atoms with E-state index in [1.54, 1.807) is 6.26 Å². The standard InChI is InChI=1S/C38H24O2/c1-2-10-24-21-25(18-17-23(24)9-1)35-27-12-3-5-14-29(27)36(30-15-6-4-13-28(30)35)32-22-33-26-11-7-8-16-34(26)40-38(33)37-31(32)19-20-39-37/h1-16,19-22H,17-18H2. The van der Waals surface area contributed by atoms with Crippen molar-refractivity contribution >= 4 is 66.1 Å². The molecule has 0 atom stereocenters. The SMILES string of the molecule is C1=C(c2c3ccccc3c(-c3cc4c5ccccc5oc4c4occc34)c3ccccc23)CCc2ccccc21. The number of furan rings is 2. The van der Waals surface area contributed by atoms with Gasteiger partial charge in [0, 0.05) is 16.2 Å². The van der Waals surface area contributed by atoms with E-state index in [1.165, 1.54) is 54.9 Å². The van der Waals surface area contributed by atoms with E-state index in [0.717, 1.165) is 45.7 Å². The molecule has 0 saturated heterocycles. The minimum absolute atomic E-state index is 0.799. The van der Waals surface area contributed by atoms with Crippen LogP contribution in [-0.2, 0) is 6.42 Å². The second kappa shape index (κ2) is 8.21. The maximum atomic E-state index is 6.32. The van der Waals surface area contributed by atoms with Gasteiger partial charge in [0.1, 0.15) is 5.58 Å². The van der Waals surface area contributed by atoms with Crippen molar-refractivity contribution in [3.63, 3.8) is 0 Å². The van der Waals surface area contributed by atoms with E-state index in [4.69, 9.17) is 8.83 Å². The van der Waals surface area contributed by atoms with Crippen molar-refractivity contribution in [2.75, 3.05) is 0 Å². The highest BCUT2D eigenvalue weighted by atomic mass is 16.4. The molecule has 40 heavy (non-hydrogen) atoms. The Balaban J connectivity index is 1.43. The topological polar surface area (TPSA) is 26.3 Å². The van der Waals surface area contributed by atoms with Crippen LogP contribution in [0.2, 0.25) is 0 Å². The fraction of sp³-hybridized carbons (Fsp3) is 0.0526. The summed E-state index contributed by atoms with van der Waals surface area (Å²) in [5.74, 6) is 0. The second-order valence-corrected chi connectivity index (χ2v) is 10.8. The molecule has 0 amide bonds. The molecule has 2 nitrogen and oxygen atoms in total. The second-order valence-electron chi connectivity index (χ2n) is 10.8. The van der Waals surface area contributed by atoms with Gasteiger partial charge in [0.25, 0.3) is 0 Å². The molecule has 1 aliphatic rings. The van der Waals surface area contributed by atoms with Crippen LogP contribution in [0.25, 0.3) is 77.2 Å². The van der Waals surface area contributed by atoms with Gasteiger partial charge in [-0.1, -0.05) is 97.1 Å². The van der Waals surface area contributed by atoms with Crippen molar-refractivity contribution in [3.8, 4) is 11.1 Å². The summed E-state index contributed by atoms with van der Waals surface area (Å²) in [7, 11) is 0. The summed E-state index contributed by atoms with van der Waals surface area (Å²) in [6.45, 7) is 0. The Morgan fingerprint density at radius 3 is 1.93 bits per heavy atom. The van der Waals surface area contributed by atoms with Crippen LogP contribution in [0, 0.1) is 0 Å². The molecule has 0 spiro atoms. The minimum Gasteiger partial charge on any atom is -0.460 e. The van der Waals surface area contributed by atoms with Gasteiger partial charge in [-0.3, -0.25) is 0 Å². The highest BCUT2D eigenvalue weighted by Crippen LogP contribution is 2.48. The maximum Gasteiger partial charge on any atom is 0.178 e. The summed E-state index contributed by atoms with van der Waals surface area (Å²) in [4.78, 5) is 0. The third-order valence-electron chi connectivity index (χ3n) is 8.65. The van der Waals surface area contributed by atoms with Gasteiger partial charge in [-0.25, -0.2) is 0 Å². The van der Waals surface area contributed by atoms with Crippen LogP contribution in [0.15, 0.2) is 124 Å². The predicted octanol–water partition coefficient (Wildman–Crippen LogP) is 10.8. The molecule has 1 aliphatic carbocycles. The smallest absolute Gasteiger partial charge is 0.178 e. The van der Waals surface area contributed by atoms with Crippen LogP contribution in [0.1, 0.15) is 23.1 Å². The Hall–Kier alpha value is -5.08. The lowest BCUT2D eigenvalue weighted by Gasteiger charge is -2.22. The Bertz CT molecular complexity index is 2270. The van der Waals surface area contributed by atoms with Crippen LogP contribution in [-0.4, -0.2) is 0 Å². The van der Waals surface area contributed by atoms with Crippen molar-refractivity contribution in [2.45, 2.75) is 12.8 Å². The third kappa shape index (κ3) is 2.99. The molecule has 188 valence electrons. The Labute approximate surface area is 230 Å². The van der Waals surface area contributed by atoms with E-state index < -0.39 is 0 Å². The number of rotatable bonds is 2. The van der Waals surface area contributed by atoms with Gasteiger partial charge in [-0.15, -0.1) is 0 Å². The van der Waals surface area contributed by atoms with Crippen molar-refractivity contribution < 1.29 is 8.83 Å². The molecule has 0 unspecified atom stereocenters. The highest BCUT2D eigenvalue weighted by Gasteiger charge is 2.23. The number of para-hydroxylation sites is 1. The van der Waals surface area contributed by atoms with Crippen LogP contribution in [0.4, 0.5) is 0 Å². The minimum atomic E-state index is 0.799. The summed E-state index contributed by atoms with van der Waals surface area (Å²) in [6, 6.07) is 39.2. The number of hydrogen-bond donors (Lipinski definition) is 0. The number of aryl methyl sites for hydroxylation is 1. The lowest BCUT2D eigenvalue weighted by molar-refractivity contribution is 0.600. The molecule has 2 aromatic heterocycles. The molecule has 0 aliphatic heterocycles. The largest absolute Gasteiger partial charge is 0.460 e. The van der Waals surface area contributed by atoms with E-state index in [9.17, 15) is 0 Å². The molecule has 0 saturated carbocycles. The zero-order valence-electron chi connectivity index (χ0n) is 21.8. The summed E-state index contributed by atoms with van der Waals surface area (Å²) in [6.07, 6.45) is 6.28. The van der Waals surface area contributed by atoms with Gasteiger partial charge in [0.05, 0.1) is 6.26 Å². The van der Waals surface area contributed by atoms with Gasteiger partial charge in [-0.05, 0) is 86.0 Å². The molecule has 6 aromatic carbocycles. The van der Waals surface area contributed by atoms with E-state index >= 15 is 0 Å². The molecule has 2 heteroatoms. The van der Waals surface area contributed by atoms with Crippen LogP contribution >= 0.6 is 0 Å². The predicted molar refractivity (Wildman–Crippen MR) is 167 cm³/mol. The molecule has 8 aromatic rings. The number of allylic oxidation sites excluding steroid dienone is 1. The average molecular weight is 513 g/mol. The monoisotopic (exact) mass is 512 g/mol. The van der Waals surface area contributed by atoms with Crippen molar-refractivity contribution in [2.24, 2.45) is 0 Å². The van der Waals surface area contributed by atoms with E-state index in [0.29, 0.717) is 0 Å². The average Bonchev–Trinajstić information content (AvgIpc) is 3.65. The quantitative estimate of drug-likeness (QED) is 0.215. The van der Waals surface area contributed by atoms with Gasteiger partial charge in [-0.2, -0.15) is 0 Å². The molecule has 0 radical (unpaired) electrons. The maximum absolute atomic E-state index is 6.32. The van der Waals surface area contributed by atoms with E-state index in [-0.39, 0.29) is 0 Å². The van der Waals surface area contributed by atoms with Gasteiger partial charge in [0.15, 0.2) is 11.2 Å². The zero-order valence-corrected chi connectivity index (χ0v) is 21.8. The molecule has 0 fully saturated rings. The van der Waals surface area contributed by atoms with E-state index in [2.05, 4.69) is 103 Å². The van der Waals surface area contributed by atoms with Crippen molar-refractivity contribution in [1.29, 1.82) is 0 Å². The summed E-state index contributed by atoms with van der Waals surface area (Å²) >= 11 is 0. The van der Waals surface area contributed by atoms with Gasteiger partial charge >= 0.3 is 0 Å². The number of benzene rings is 6. The Kier molecular flexibility index (Phi) is 4.48. The molecule has 9 rings (SSSR count). The van der Waals surface area contributed by atoms with Crippen LogP contribution in [0.5, 0.6) is 0 Å². The molecule has 0 N–H and O–H groups in total. The Morgan fingerprint density at radius 2 is 1.15 bits per heavy atom. The fourth-order valence-corrected chi connectivity index (χ4v) is 6.90. The lowest BCUT2D eigenvalue weighted by atomic mass is 9.81. The van der Waals surface area contributed by atoms with Crippen LogP contribution < -0.4 is 0 Å². The first-order valence-electron chi connectivity index (χ1n) is 13.9. The fourth-order valence-electron chi connectivity index (χ4n) is 6.90. The first-order valence-corrected chi connectivity index (χ1v) is 13.9. The molecule has 0 bridgehead atoms. The third-order valence-corrected chi connectivity index (χ3v) is 8.65. The number of hydrogen-bond acceptors (Lipinski definition) is 2. The van der Waals surface area contributed by atoms with E-state index in [1.807, 2.05) is 12.1 Å². The Morgan fingerprint density at radius 1 is 0.500 bits per heavy atom. The zero-order chi connectivity index (χ0) is 26.2.